The standard InChI is InChI=1S/C11H15N5O3/c1-14-10(17)8-9(13-11(14)18)12-6-16(8)7-15-2-4-19-5-3-15/h6H,2-5,7H2,1H3,(H,13,18). The lowest BCUT2D eigenvalue weighted by atomic mass is 10.4. The van der Waals surface area contributed by atoms with Crippen LogP contribution < -0.4 is 11.2 Å². The molecule has 0 unspecified atom stereocenters. The molecule has 1 fully saturated rings. The maximum absolute atomic E-state index is 12.1. The van der Waals surface area contributed by atoms with E-state index in [0.717, 1.165) is 17.7 Å². The Labute approximate surface area is 108 Å². The van der Waals surface area contributed by atoms with Crippen LogP contribution in [-0.4, -0.2) is 50.3 Å². The third-order valence-electron chi connectivity index (χ3n) is 3.33. The van der Waals surface area contributed by atoms with E-state index in [1.165, 1.54) is 7.05 Å². The SMILES string of the molecule is Cn1c(=O)[nH]c2ncn(CN3CCOCC3)c2c1=O. The average molecular weight is 265 g/mol. The second-order valence-corrected chi connectivity index (χ2v) is 4.58. The first-order chi connectivity index (χ1) is 9.16. The predicted octanol–water partition coefficient (Wildman–Crippen LogP) is -1.29. The van der Waals surface area contributed by atoms with Crippen LogP contribution in [0.15, 0.2) is 15.9 Å². The number of nitrogens with one attached hydrogen (secondary N) is 1. The summed E-state index contributed by atoms with van der Waals surface area (Å²) in [5.41, 5.74) is -0.0198. The van der Waals surface area contributed by atoms with Gasteiger partial charge in [-0.1, -0.05) is 0 Å². The smallest absolute Gasteiger partial charge is 0.329 e. The molecule has 2 aromatic rings. The van der Waals surface area contributed by atoms with Gasteiger partial charge in [0.15, 0.2) is 11.2 Å². The zero-order valence-corrected chi connectivity index (χ0v) is 10.6. The van der Waals surface area contributed by atoms with Gasteiger partial charge in [-0.25, -0.2) is 9.78 Å². The maximum Gasteiger partial charge on any atom is 0.329 e. The van der Waals surface area contributed by atoms with Crippen molar-refractivity contribution in [3.63, 3.8) is 0 Å². The van der Waals surface area contributed by atoms with E-state index in [9.17, 15) is 9.59 Å². The molecule has 0 saturated carbocycles. The third kappa shape index (κ3) is 2.08. The molecule has 0 aliphatic carbocycles. The average Bonchev–Trinajstić information content (AvgIpc) is 2.80. The zero-order chi connectivity index (χ0) is 13.4. The van der Waals surface area contributed by atoms with Crippen LogP contribution in [-0.2, 0) is 18.5 Å². The molecular formula is C11H15N5O3. The van der Waals surface area contributed by atoms with Crippen LogP contribution >= 0.6 is 0 Å². The molecule has 8 heteroatoms. The van der Waals surface area contributed by atoms with Crippen LogP contribution in [0.5, 0.6) is 0 Å². The van der Waals surface area contributed by atoms with Crippen molar-refractivity contribution in [2.75, 3.05) is 26.3 Å². The van der Waals surface area contributed by atoms with E-state index in [-0.39, 0.29) is 5.56 Å². The van der Waals surface area contributed by atoms with E-state index in [1.54, 1.807) is 10.9 Å². The van der Waals surface area contributed by atoms with E-state index < -0.39 is 5.69 Å². The molecule has 19 heavy (non-hydrogen) atoms. The van der Waals surface area contributed by atoms with Gasteiger partial charge in [-0.15, -0.1) is 0 Å². The van der Waals surface area contributed by atoms with Gasteiger partial charge < -0.3 is 9.30 Å². The van der Waals surface area contributed by atoms with Crippen molar-refractivity contribution >= 4 is 11.2 Å². The summed E-state index contributed by atoms with van der Waals surface area (Å²) in [5, 5.41) is 0. The first-order valence-electron chi connectivity index (χ1n) is 6.11. The Hall–Kier alpha value is -1.93. The molecule has 1 saturated heterocycles. The highest BCUT2D eigenvalue weighted by Crippen LogP contribution is 2.06. The quantitative estimate of drug-likeness (QED) is 0.730. The summed E-state index contributed by atoms with van der Waals surface area (Å²) in [6, 6.07) is 0. The fraction of sp³-hybridized carbons (Fsp3) is 0.545. The van der Waals surface area contributed by atoms with Gasteiger partial charge in [-0.2, -0.15) is 0 Å². The second kappa shape index (κ2) is 4.63. The van der Waals surface area contributed by atoms with Crippen LogP contribution in [0.25, 0.3) is 11.2 Å². The van der Waals surface area contributed by atoms with Crippen LogP contribution in [0.2, 0.25) is 0 Å². The first-order valence-corrected chi connectivity index (χ1v) is 6.11. The van der Waals surface area contributed by atoms with Gasteiger partial charge >= 0.3 is 5.69 Å². The van der Waals surface area contributed by atoms with E-state index in [1.807, 2.05) is 0 Å². The Balaban J connectivity index is 2.02. The highest BCUT2D eigenvalue weighted by Gasteiger charge is 2.15. The maximum atomic E-state index is 12.1. The molecule has 1 N–H and O–H groups in total. The molecule has 1 aliphatic heterocycles. The molecular weight excluding hydrogens is 250 g/mol. The van der Waals surface area contributed by atoms with Gasteiger partial charge in [0.05, 0.1) is 26.2 Å². The third-order valence-corrected chi connectivity index (χ3v) is 3.33. The molecule has 8 nitrogen and oxygen atoms in total. The summed E-state index contributed by atoms with van der Waals surface area (Å²) in [4.78, 5) is 32.4. The summed E-state index contributed by atoms with van der Waals surface area (Å²) >= 11 is 0. The van der Waals surface area contributed by atoms with Crippen molar-refractivity contribution in [2.45, 2.75) is 6.67 Å². The topological polar surface area (TPSA) is 85.2 Å². The second-order valence-electron chi connectivity index (χ2n) is 4.58. The van der Waals surface area contributed by atoms with Crippen molar-refractivity contribution in [3.05, 3.63) is 27.2 Å². The van der Waals surface area contributed by atoms with Crippen molar-refractivity contribution in [2.24, 2.45) is 7.05 Å². The van der Waals surface area contributed by atoms with Crippen LogP contribution in [0, 0.1) is 0 Å². The number of imidazole rings is 1. The van der Waals surface area contributed by atoms with Crippen LogP contribution in [0.4, 0.5) is 0 Å². The molecule has 0 atom stereocenters. The van der Waals surface area contributed by atoms with Crippen molar-refractivity contribution in [3.8, 4) is 0 Å². The minimum Gasteiger partial charge on any atom is -0.379 e. The van der Waals surface area contributed by atoms with Gasteiger partial charge in [0, 0.05) is 20.1 Å². The Bertz CT molecular complexity index is 707. The fourth-order valence-electron chi connectivity index (χ4n) is 2.20. The number of morpholine rings is 1. The van der Waals surface area contributed by atoms with Gasteiger partial charge in [0.25, 0.3) is 5.56 Å². The molecule has 3 heterocycles. The summed E-state index contributed by atoms with van der Waals surface area (Å²) in [7, 11) is 1.45. The van der Waals surface area contributed by atoms with E-state index >= 15 is 0 Å². The summed E-state index contributed by atoms with van der Waals surface area (Å²) in [6.45, 7) is 3.61. The molecule has 102 valence electrons. The highest BCUT2D eigenvalue weighted by molar-refractivity contribution is 5.68. The number of aromatic amines is 1. The molecule has 0 radical (unpaired) electrons. The van der Waals surface area contributed by atoms with Crippen molar-refractivity contribution in [1.29, 1.82) is 0 Å². The Morgan fingerprint density at radius 3 is 2.84 bits per heavy atom. The van der Waals surface area contributed by atoms with Gasteiger partial charge in [-0.05, 0) is 0 Å². The minimum atomic E-state index is -0.450. The number of ether oxygens (including phenoxy) is 1. The lowest BCUT2D eigenvalue weighted by Gasteiger charge is -2.26. The Kier molecular flexibility index (Phi) is 2.96. The number of H-pyrrole nitrogens is 1. The summed E-state index contributed by atoms with van der Waals surface area (Å²) in [6.07, 6.45) is 1.58. The minimum absolute atomic E-state index is 0.329. The molecule has 1 aliphatic rings. The van der Waals surface area contributed by atoms with Gasteiger partial charge in [-0.3, -0.25) is 19.2 Å². The van der Waals surface area contributed by atoms with E-state index in [4.69, 9.17) is 4.74 Å². The number of hydrogen-bond acceptors (Lipinski definition) is 5. The molecule has 2 aromatic heterocycles. The van der Waals surface area contributed by atoms with Crippen LogP contribution in [0.3, 0.4) is 0 Å². The molecule has 0 spiro atoms. The van der Waals surface area contributed by atoms with Crippen molar-refractivity contribution < 1.29 is 4.74 Å². The summed E-state index contributed by atoms with van der Waals surface area (Å²) < 4.78 is 8.10. The summed E-state index contributed by atoms with van der Waals surface area (Å²) in [5.74, 6) is 0. The number of aromatic nitrogens is 4. The monoisotopic (exact) mass is 265 g/mol. The highest BCUT2D eigenvalue weighted by atomic mass is 16.5. The van der Waals surface area contributed by atoms with E-state index in [0.29, 0.717) is 31.0 Å². The lowest BCUT2D eigenvalue weighted by molar-refractivity contribution is 0.0240. The number of hydrogen-bond donors (Lipinski definition) is 1. The van der Waals surface area contributed by atoms with E-state index in [2.05, 4.69) is 14.9 Å². The molecule has 0 amide bonds. The molecule has 3 rings (SSSR count). The first kappa shape index (κ1) is 12.1. The van der Waals surface area contributed by atoms with Crippen LogP contribution in [0.1, 0.15) is 0 Å². The molecule has 0 bridgehead atoms. The fourth-order valence-corrected chi connectivity index (χ4v) is 2.20. The lowest BCUT2D eigenvalue weighted by Crippen LogP contribution is -2.38. The van der Waals surface area contributed by atoms with Crippen molar-refractivity contribution in [1.82, 2.24) is 24.0 Å². The Morgan fingerprint density at radius 2 is 2.11 bits per heavy atom. The number of nitrogens with zero attached hydrogens (tertiary/aromatic N) is 4. The molecule has 0 aromatic carbocycles. The predicted molar refractivity (Wildman–Crippen MR) is 68.0 cm³/mol. The number of rotatable bonds is 2. The largest absolute Gasteiger partial charge is 0.379 e. The Morgan fingerprint density at radius 1 is 1.37 bits per heavy atom. The zero-order valence-electron chi connectivity index (χ0n) is 10.6. The van der Waals surface area contributed by atoms with Gasteiger partial charge in [0.1, 0.15) is 0 Å². The normalized spacial score (nSPS) is 17.1. The van der Waals surface area contributed by atoms with Gasteiger partial charge in [0.2, 0.25) is 0 Å². The number of fused-ring (bicyclic) bond motifs is 1.